The molecule has 1 heterocycles. The van der Waals surface area contributed by atoms with Gasteiger partial charge in [-0.15, -0.1) is 0 Å². The van der Waals surface area contributed by atoms with E-state index >= 15 is 0 Å². The Bertz CT molecular complexity index is 765. The molecule has 2 aromatic rings. The first-order chi connectivity index (χ1) is 12.1. The van der Waals surface area contributed by atoms with E-state index in [1.807, 2.05) is 6.07 Å². The first-order valence-corrected chi connectivity index (χ1v) is 7.52. The summed E-state index contributed by atoms with van der Waals surface area (Å²) < 4.78 is 15.8. The number of nitrogens with zero attached hydrogens (tertiary/aromatic N) is 1. The lowest BCUT2D eigenvalue weighted by molar-refractivity contribution is -0.122. The van der Waals surface area contributed by atoms with Gasteiger partial charge in [0.15, 0.2) is 18.1 Å². The number of ether oxygens (including phenoxy) is 2. The van der Waals surface area contributed by atoms with Crippen LogP contribution in [0.5, 0.6) is 11.5 Å². The third kappa shape index (κ3) is 5.58. The molecular weight excluding hydrogens is 326 g/mol. The molecule has 0 unspecified atom stereocenters. The van der Waals surface area contributed by atoms with Crippen LogP contribution in [0.25, 0.3) is 0 Å². The number of hydrogen-bond donors (Lipinski definition) is 2. The molecule has 2 rings (SSSR count). The topological polar surface area (TPSA) is 114 Å². The summed E-state index contributed by atoms with van der Waals surface area (Å²) >= 11 is 0. The van der Waals surface area contributed by atoms with Gasteiger partial charge in [-0.25, -0.2) is 4.79 Å². The predicted octanol–water partition coefficient (Wildman–Crippen LogP) is 1.95. The Balaban J connectivity index is 1.83. The molecule has 0 spiro atoms. The molecule has 0 saturated carbocycles. The second-order valence-corrected chi connectivity index (χ2v) is 4.81. The quantitative estimate of drug-likeness (QED) is 0.794. The molecule has 0 fully saturated rings. The molecule has 0 radical (unpaired) electrons. The highest BCUT2D eigenvalue weighted by Crippen LogP contribution is 2.28. The van der Waals surface area contributed by atoms with Gasteiger partial charge in [0, 0.05) is 6.07 Å². The average Bonchev–Trinajstić information content (AvgIpc) is 3.12. The zero-order chi connectivity index (χ0) is 18.1. The van der Waals surface area contributed by atoms with Gasteiger partial charge in [-0.05, 0) is 31.2 Å². The van der Waals surface area contributed by atoms with Crippen LogP contribution in [0.3, 0.4) is 0 Å². The summed E-state index contributed by atoms with van der Waals surface area (Å²) in [5, 5.41) is 13.5. The standard InChI is InChI=1S/C17H17N3O5/c1-2-23-15-8-12(9-18)5-6-14(15)25-11-16(21)20-17(22)19-10-13-4-3-7-24-13/h3-8H,2,10-11H2,1H3,(H2,19,20,21,22). The van der Waals surface area contributed by atoms with Crippen LogP contribution in [0.1, 0.15) is 18.2 Å². The molecule has 3 amide bonds. The minimum Gasteiger partial charge on any atom is -0.490 e. The van der Waals surface area contributed by atoms with Crippen LogP contribution in [0.2, 0.25) is 0 Å². The van der Waals surface area contributed by atoms with Crippen molar-refractivity contribution in [2.24, 2.45) is 0 Å². The maximum atomic E-state index is 11.8. The summed E-state index contributed by atoms with van der Waals surface area (Å²) in [7, 11) is 0. The number of amides is 3. The summed E-state index contributed by atoms with van der Waals surface area (Å²) in [6.45, 7) is 1.96. The Kier molecular flexibility index (Phi) is 6.42. The van der Waals surface area contributed by atoms with Crippen molar-refractivity contribution in [3.63, 3.8) is 0 Å². The largest absolute Gasteiger partial charge is 0.490 e. The predicted molar refractivity (Wildman–Crippen MR) is 86.9 cm³/mol. The maximum absolute atomic E-state index is 11.8. The molecule has 0 atom stereocenters. The summed E-state index contributed by atoms with van der Waals surface area (Å²) in [4.78, 5) is 23.4. The van der Waals surface area contributed by atoms with Crippen molar-refractivity contribution in [1.82, 2.24) is 10.6 Å². The van der Waals surface area contributed by atoms with Gasteiger partial charge in [-0.2, -0.15) is 5.26 Å². The Morgan fingerprint density at radius 1 is 1.24 bits per heavy atom. The van der Waals surface area contributed by atoms with Gasteiger partial charge in [0.05, 0.1) is 31.0 Å². The summed E-state index contributed by atoms with van der Waals surface area (Å²) in [6, 6.07) is 9.34. The van der Waals surface area contributed by atoms with Gasteiger partial charge in [-0.1, -0.05) is 0 Å². The minimum atomic E-state index is -0.658. The molecule has 8 heteroatoms. The van der Waals surface area contributed by atoms with Crippen molar-refractivity contribution in [2.75, 3.05) is 13.2 Å². The van der Waals surface area contributed by atoms with Crippen LogP contribution in [-0.2, 0) is 11.3 Å². The molecule has 0 aliphatic rings. The van der Waals surface area contributed by atoms with Crippen molar-refractivity contribution in [3.8, 4) is 17.6 Å². The second kappa shape index (κ2) is 8.98. The van der Waals surface area contributed by atoms with E-state index in [4.69, 9.17) is 19.2 Å². The zero-order valence-electron chi connectivity index (χ0n) is 13.6. The fraction of sp³-hybridized carbons (Fsp3) is 0.235. The fourth-order valence-corrected chi connectivity index (χ4v) is 1.90. The Morgan fingerprint density at radius 2 is 2.08 bits per heavy atom. The van der Waals surface area contributed by atoms with Crippen LogP contribution in [0.15, 0.2) is 41.0 Å². The normalized spacial score (nSPS) is 9.76. The highest BCUT2D eigenvalue weighted by molar-refractivity contribution is 5.94. The number of urea groups is 1. The third-order valence-corrected chi connectivity index (χ3v) is 2.99. The summed E-state index contributed by atoms with van der Waals surface area (Å²) in [5.74, 6) is 0.616. The first-order valence-electron chi connectivity index (χ1n) is 7.52. The number of nitriles is 1. The molecule has 0 saturated heterocycles. The van der Waals surface area contributed by atoms with E-state index in [0.29, 0.717) is 29.4 Å². The van der Waals surface area contributed by atoms with E-state index in [2.05, 4.69) is 10.6 Å². The molecule has 0 aliphatic carbocycles. The third-order valence-electron chi connectivity index (χ3n) is 2.99. The van der Waals surface area contributed by atoms with E-state index in [-0.39, 0.29) is 13.2 Å². The van der Waals surface area contributed by atoms with Crippen molar-refractivity contribution in [1.29, 1.82) is 5.26 Å². The highest BCUT2D eigenvalue weighted by atomic mass is 16.5. The Morgan fingerprint density at radius 3 is 2.76 bits per heavy atom. The number of benzene rings is 1. The highest BCUT2D eigenvalue weighted by Gasteiger charge is 2.12. The lowest BCUT2D eigenvalue weighted by Gasteiger charge is -2.12. The maximum Gasteiger partial charge on any atom is 0.321 e. The van der Waals surface area contributed by atoms with Gasteiger partial charge in [0.25, 0.3) is 5.91 Å². The molecule has 1 aromatic carbocycles. The van der Waals surface area contributed by atoms with E-state index in [1.54, 1.807) is 25.1 Å². The number of rotatable bonds is 7. The van der Waals surface area contributed by atoms with Crippen LogP contribution in [0, 0.1) is 11.3 Å². The monoisotopic (exact) mass is 343 g/mol. The van der Waals surface area contributed by atoms with E-state index in [0.717, 1.165) is 0 Å². The zero-order valence-corrected chi connectivity index (χ0v) is 13.6. The van der Waals surface area contributed by atoms with Crippen LogP contribution in [-0.4, -0.2) is 25.2 Å². The number of carbonyl (C=O) groups is 2. The molecule has 0 aliphatic heterocycles. The lowest BCUT2D eigenvalue weighted by atomic mass is 10.2. The van der Waals surface area contributed by atoms with Crippen LogP contribution in [0.4, 0.5) is 4.79 Å². The lowest BCUT2D eigenvalue weighted by Crippen LogP contribution is -2.41. The van der Waals surface area contributed by atoms with Crippen molar-refractivity contribution in [3.05, 3.63) is 47.9 Å². The van der Waals surface area contributed by atoms with Crippen LogP contribution >= 0.6 is 0 Å². The van der Waals surface area contributed by atoms with Gasteiger partial charge in [0.2, 0.25) is 0 Å². The SMILES string of the molecule is CCOc1cc(C#N)ccc1OCC(=O)NC(=O)NCc1ccco1. The number of nitrogens with one attached hydrogen (secondary N) is 2. The van der Waals surface area contributed by atoms with Gasteiger partial charge >= 0.3 is 6.03 Å². The van der Waals surface area contributed by atoms with E-state index in [1.165, 1.54) is 18.4 Å². The number of carbonyl (C=O) groups excluding carboxylic acids is 2. The Hall–Kier alpha value is -3.47. The number of hydrogen-bond acceptors (Lipinski definition) is 6. The van der Waals surface area contributed by atoms with Gasteiger partial charge in [-0.3, -0.25) is 10.1 Å². The molecule has 1 aromatic heterocycles. The molecule has 130 valence electrons. The van der Waals surface area contributed by atoms with Crippen LogP contribution < -0.4 is 20.1 Å². The van der Waals surface area contributed by atoms with Gasteiger partial charge < -0.3 is 19.2 Å². The van der Waals surface area contributed by atoms with E-state index < -0.39 is 11.9 Å². The molecule has 25 heavy (non-hydrogen) atoms. The van der Waals surface area contributed by atoms with Crippen molar-refractivity contribution >= 4 is 11.9 Å². The van der Waals surface area contributed by atoms with Crippen molar-refractivity contribution < 1.29 is 23.5 Å². The van der Waals surface area contributed by atoms with Crippen molar-refractivity contribution in [2.45, 2.75) is 13.5 Å². The average molecular weight is 343 g/mol. The minimum absolute atomic E-state index is 0.164. The molecule has 8 nitrogen and oxygen atoms in total. The number of imide groups is 1. The Labute approximate surface area is 144 Å². The smallest absolute Gasteiger partial charge is 0.321 e. The second-order valence-electron chi connectivity index (χ2n) is 4.81. The molecule has 2 N–H and O–H groups in total. The number of furan rings is 1. The first kappa shape index (κ1) is 17.9. The molecule has 0 bridgehead atoms. The fourth-order valence-electron chi connectivity index (χ4n) is 1.90. The summed E-state index contributed by atoms with van der Waals surface area (Å²) in [6.07, 6.45) is 1.49. The van der Waals surface area contributed by atoms with E-state index in [9.17, 15) is 9.59 Å². The summed E-state index contributed by atoms with van der Waals surface area (Å²) in [5.41, 5.74) is 0.414. The van der Waals surface area contributed by atoms with Gasteiger partial charge in [0.1, 0.15) is 5.76 Å². The molecular formula is C17H17N3O5.